The summed E-state index contributed by atoms with van der Waals surface area (Å²) in [5.41, 5.74) is 6.35. The first kappa shape index (κ1) is 13.6. The molecule has 0 aliphatic rings. The molecular weight excluding hydrogens is 238 g/mol. The fraction of sp³-hybridized carbons (Fsp3) is 0.250. The van der Waals surface area contributed by atoms with E-state index in [0.29, 0.717) is 0 Å². The van der Waals surface area contributed by atoms with E-state index in [2.05, 4.69) is 0 Å². The van der Waals surface area contributed by atoms with E-state index in [-0.39, 0.29) is 13.2 Å². The number of aliphatic hydroxyl groups is 1. The molecule has 0 aliphatic heterocycles. The van der Waals surface area contributed by atoms with E-state index in [9.17, 15) is 5.11 Å². The Bertz CT molecular complexity index is 527. The number of hydrogen-bond donors (Lipinski definition) is 2. The maximum Gasteiger partial charge on any atom is 0.136 e. The predicted molar refractivity (Wildman–Crippen MR) is 76.1 cm³/mol. The molecule has 3 N–H and O–H groups in total. The highest BCUT2D eigenvalue weighted by molar-refractivity contribution is 5.32. The lowest BCUT2D eigenvalue weighted by Crippen LogP contribution is -2.40. The van der Waals surface area contributed by atoms with Crippen LogP contribution in [0.2, 0.25) is 0 Å². The Hall–Kier alpha value is -1.84. The minimum absolute atomic E-state index is 0.114. The van der Waals surface area contributed by atoms with Gasteiger partial charge in [0.25, 0.3) is 0 Å². The molecule has 19 heavy (non-hydrogen) atoms. The molecular formula is C16H19NO2. The van der Waals surface area contributed by atoms with Gasteiger partial charge in [-0.2, -0.15) is 0 Å². The van der Waals surface area contributed by atoms with Gasteiger partial charge in [-0.05, 0) is 24.1 Å². The Morgan fingerprint density at radius 3 is 2.32 bits per heavy atom. The lowest BCUT2D eigenvalue weighted by atomic mass is 9.95. The van der Waals surface area contributed by atoms with E-state index >= 15 is 0 Å². The van der Waals surface area contributed by atoms with Crippen LogP contribution < -0.4 is 10.5 Å². The fourth-order valence-corrected chi connectivity index (χ4v) is 1.92. The number of rotatable bonds is 5. The second kappa shape index (κ2) is 5.87. The smallest absolute Gasteiger partial charge is 0.136 e. The Morgan fingerprint density at radius 2 is 1.68 bits per heavy atom. The topological polar surface area (TPSA) is 55.5 Å². The molecule has 3 heteroatoms. The van der Waals surface area contributed by atoms with Gasteiger partial charge in [0.15, 0.2) is 0 Å². The molecule has 0 spiro atoms. The lowest BCUT2D eigenvalue weighted by molar-refractivity contribution is -0.00163. The van der Waals surface area contributed by atoms with Gasteiger partial charge < -0.3 is 15.6 Å². The van der Waals surface area contributed by atoms with Crippen LogP contribution in [-0.4, -0.2) is 18.3 Å². The van der Waals surface area contributed by atoms with Crippen molar-refractivity contribution in [3.63, 3.8) is 0 Å². The molecule has 0 saturated carbocycles. The molecule has 0 saturated heterocycles. The molecule has 3 nitrogen and oxygen atoms in total. The van der Waals surface area contributed by atoms with Gasteiger partial charge in [-0.1, -0.05) is 48.5 Å². The van der Waals surface area contributed by atoms with Crippen LogP contribution in [-0.2, 0) is 5.60 Å². The number of nitrogens with two attached hydrogens (primary N) is 1. The third-order valence-electron chi connectivity index (χ3n) is 3.21. The van der Waals surface area contributed by atoms with E-state index in [1.165, 1.54) is 0 Å². The molecule has 2 aromatic rings. The van der Waals surface area contributed by atoms with Gasteiger partial charge in [-0.3, -0.25) is 0 Å². The highest BCUT2D eigenvalue weighted by Gasteiger charge is 2.28. The van der Waals surface area contributed by atoms with Gasteiger partial charge >= 0.3 is 0 Å². The quantitative estimate of drug-likeness (QED) is 0.863. The Balaban J connectivity index is 2.14. The highest BCUT2D eigenvalue weighted by atomic mass is 16.5. The van der Waals surface area contributed by atoms with Crippen LogP contribution in [0.3, 0.4) is 0 Å². The summed E-state index contributed by atoms with van der Waals surface area (Å²) in [6, 6.07) is 17.1. The summed E-state index contributed by atoms with van der Waals surface area (Å²) in [7, 11) is 0. The molecule has 0 radical (unpaired) electrons. The van der Waals surface area contributed by atoms with E-state index in [0.717, 1.165) is 16.9 Å². The minimum atomic E-state index is -1.16. The molecule has 0 aliphatic carbocycles. The maximum absolute atomic E-state index is 10.6. The first-order valence-corrected chi connectivity index (χ1v) is 6.32. The summed E-state index contributed by atoms with van der Waals surface area (Å²) in [5.74, 6) is 0.769. The van der Waals surface area contributed by atoms with Crippen molar-refractivity contribution in [3.8, 4) is 5.75 Å². The van der Waals surface area contributed by atoms with Crippen molar-refractivity contribution in [2.45, 2.75) is 12.5 Å². The van der Waals surface area contributed by atoms with Gasteiger partial charge in [-0.15, -0.1) is 0 Å². The predicted octanol–water partition coefficient (Wildman–Crippen LogP) is 2.22. The summed E-state index contributed by atoms with van der Waals surface area (Å²) in [6.45, 7) is 2.22. The first-order valence-electron chi connectivity index (χ1n) is 6.32. The van der Waals surface area contributed by atoms with Gasteiger partial charge in [0.05, 0.1) is 0 Å². The SMILES string of the molecule is Cc1ccccc1OCC(O)(CN)c1ccccc1. The Labute approximate surface area is 113 Å². The van der Waals surface area contributed by atoms with Gasteiger partial charge in [0.2, 0.25) is 0 Å². The molecule has 1 atom stereocenters. The first-order chi connectivity index (χ1) is 9.15. The zero-order chi connectivity index (χ0) is 13.7. The van der Waals surface area contributed by atoms with Crippen molar-refractivity contribution in [2.75, 3.05) is 13.2 Å². The van der Waals surface area contributed by atoms with Crippen molar-refractivity contribution in [2.24, 2.45) is 5.73 Å². The van der Waals surface area contributed by atoms with Crippen LogP contribution in [0.15, 0.2) is 54.6 Å². The standard InChI is InChI=1S/C16H19NO2/c1-13-7-5-6-10-15(13)19-12-16(18,11-17)14-8-3-2-4-9-14/h2-10,18H,11-12,17H2,1H3. The Kier molecular flexibility index (Phi) is 4.20. The monoisotopic (exact) mass is 257 g/mol. The molecule has 0 fully saturated rings. The normalized spacial score (nSPS) is 13.8. The van der Waals surface area contributed by atoms with Crippen LogP contribution in [0.25, 0.3) is 0 Å². The number of ether oxygens (including phenoxy) is 1. The van der Waals surface area contributed by atoms with Crippen LogP contribution in [0.4, 0.5) is 0 Å². The molecule has 0 amide bonds. The largest absolute Gasteiger partial charge is 0.490 e. The van der Waals surface area contributed by atoms with Gasteiger partial charge in [-0.25, -0.2) is 0 Å². The molecule has 1 unspecified atom stereocenters. The number of benzene rings is 2. The van der Waals surface area contributed by atoms with E-state index < -0.39 is 5.60 Å². The van der Waals surface area contributed by atoms with Crippen molar-refractivity contribution < 1.29 is 9.84 Å². The molecule has 2 aromatic carbocycles. The maximum atomic E-state index is 10.6. The van der Waals surface area contributed by atoms with E-state index in [4.69, 9.17) is 10.5 Å². The average molecular weight is 257 g/mol. The van der Waals surface area contributed by atoms with Crippen molar-refractivity contribution in [1.82, 2.24) is 0 Å². The van der Waals surface area contributed by atoms with Gasteiger partial charge in [0.1, 0.15) is 18.0 Å². The second-order valence-corrected chi connectivity index (χ2v) is 4.66. The number of aryl methyl sites for hydroxylation is 1. The average Bonchev–Trinajstić information content (AvgIpc) is 2.47. The van der Waals surface area contributed by atoms with E-state index in [1.807, 2.05) is 61.5 Å². The zero-order valence-corrected chi connectivity index (χ0v) is 11.0. The van der Waals surface area contributed by atoms with Crippen molar-refractivity contribution in [3.05, 3.63) is 65.7 Å². The van der Waals surface area contributed by atoms with Crippen LogP contribution >= 0.6 is 0 Å². The summed E-state index contributed by atoms with van der Waals surface area (Å²) < 4.78 is 5.72. The van der Waals surface area contributed by atoms with Crippen LogP contribution in [0.1, 0.15) is 11.1 Å². The highest BCUT2D eigenvalue weighted by Crippen LogP contribution is 2.23. The summed E-state index contributed by atoms with van der Waals surface area (Å²) in [6.07, 6.45) is 0. The number of hydrogen-bond acceptors (Lipinski definition) is 3. The molecule has 0 heterocycles. The molecule has 0 bridgehead atoms. The van der Waals surface area contributed by atoms with E-state index in [1.54, 1.807) is 0 Å². The third kappa shape index (κ3) is 3.13. The summed E-state index contributed by atoms with van der Waals surface area (Å²) in [5, 5.41) is 10.6. The fourth-order valence-electron chi connectivity index (χ4n) is 1.92. The van der Waals surface area contributed by atoms with Gasteiger partial charge in [0, 0.05) is 6.54 Å². The van der Waals surface area contributed by atoms with Crippen LogP contribution in [0.5, 0.6) is 5.75 Å². The van der Waals surface area contributed by atoms with Crippen molar-refractivity contribution in [1.29, 1.82) is 0 Å². The lowest BCUT2D eigenvalue weighted by Gasteiger charge is -2.27. The molecule has 0 aromatic heterocycles. The van der Waals surface area contributed by atoms with Crippen molar-refractivity contribution >= 4 is 0 Å². The third-order valence-corrected chi connectivity index (χ3v) is 3.21. The summed E-state index contributed by atoms with van der Waals surface area (Å²) >= 11 is 0. The minimum Gasteiger partial charge on any atom is -0.490 e. The van der Waals surface area contributed by atoms with Crippen LogP contribution in [0, 0.1) is 6.92 Å². The summed E-state index contributed by atoms with van der Waals surface area (Å²) in [4.78, 5) is 0. The second-order valence-electron chi connectivity index (χ2n) is 4.66. The zero-order valence-electron chi connectivity index (χ0n) is 11.0. The molecule has 100 valence electrons. The Morgan fingerprint density at radius 1 is 1.05 bits per heavy atom. The molecule has 2 rings (SSSR count). The number of para-hydroxylation sites is 1.